The molecule has 1 fully saturated rings. The molecule has 0 aliphatic carbocycles. The van der Waals surface area contributed by atoms with E-state index in [1.807, 2.05) is 12.1 Å². The maximum Gasteiger partial charge on any atom is 0.182 e. The van der Waals surface area contributed by atoms with E-state index in [-0.39, 0.29) is 0 Å². The molecule has 1 saturated heterocycles. The molecule has 3 N–H and O–H groups in total. The third kappa shape index (κ3) is 3.55. The highest BCUT2D eigenvalue weighted by Crippen LogP contribution is 2.31. The van der Waals surface area contributed by atoms with Gasteiger partial charge in [-0.3, -0.25) is 4.90 Å². The Kier molecular flexibility index (Phi) is 4.83. The molecular formula is C17H20N6O2S. The Balaban J connectivity index is 1.60. The standard InChI is InChI=1S/C17H20N6O2S/c1-24-13-3-2-12(8-11(13)9-23-4-6-25-7-5-23)21-15-14-16(20-10-19-15)22-17(18)26-14/h2-3,8,10H,4-7,9H2,1H3,(H3,18,19,20,21,22). The third-order valence-corrected chi connectivity index (χ3v) is 5.13. The number of benzene rings is 1. The molecule has 8 nitrogen and oxygen atoms in total. The minimum Gasteiger partial charge on any atom is -0.496 e. The van der Waals surface area contributed by atoms with Crippen LogP contribution in [0.25, 0.3) is 10.3 Å². The molecule has 26 heavy (non-hydrogen) atoms. The third-order valence-electron chi connectivity index (χ3n) is 4.25. The molecule has 3 heterocycles. The summed E-state index contributed by atoms with van der Waals surface area (Å²) in [6.07, 6.45) is 1.49. The van der Waals surface area contributed by atoms with Crippen LogP contribution in [-0.2, 0) is 11.3 Å². The number of nitrogens with one attached hydrogen (secondary N) is 1. The van der Waals surface area contributed by atoms with Gasteiger partial charge in [0.05, 0.1) is 20.3 Å². The summed E-state index contributed by atoms with van der Waals surface area (Å²) >= 11 is 1.37. The number of aromatic nitrogens is 3. The number of nitrogens with zero attached hydrogens (tertiary/aromatic N) is 4. The van der Waals surface area contributed by atoms with Gasteiger partial charge in [0.2, 0.25) is 0 Å². The number of rotatable bonds is 5. The highest BCUT2D eigenvalue weighted by Gasteiger charge is 2.15. The number of hydrogen-bond acceptors (Lipinski definition) is 9. The SMILES string of the molecule is COc1ccc(Nc2ncnc3nc(N)sc23)cc1CN1CCOCC1. The summed E-state index contributed by atoms with van der Waals surface area (Å²) in [6.45, 7) is 4.20. The second-order valence-electron chi connectivity index (χ2n) is 5.97. The Hall–Kier alpha value is -2.49. The van der Waals surface area contributed by atoms with Crippen LogP contribution in [0.4, 0.5) is 16.6 Å². The molecule has 0 atom stereocenters. The average molecular weight is 372 g/mol. The molecule has 9 heteroatoms. The van der Waals surface area contributed by atoms with Crippen LogP contribution in [0.5, 0.6) is 5.75 Å². The molecule has 1 aliphatic heterocycles. The van der Waals surface area contributed by atoms with Crippen molar-refractivity contribution >= 4 is 38.3 Å². The smallest absolute Gasteiger partial charge is 0.182 e. The quantitative estimate of drug-likeness (QED) is 0.704. The van der Waals surface area contributed by atoms with E-state index in [4.69, 9.17) is 15.2 Å². The molecule has 0 radical (unpaired) electrons. The van der Waals surface area contributed by atoms with Crippen molar-refractivity contribution in [3.63, 3.8) is 0 Å². The summed E-state index contributed by atoms with van der Waals surface area (Å²) in [5, 5.41) is 3.83. The molecule has 4 rings (SSSR count). The molecule has 0 bridgehead atoms. The molecule has 3 aromatic rings. The number of thiazole rings is 1. The van der Waals surface area contributed by atoms with Gasteiger partial charge in [0, 0.05) is 30.9 Å². The predicted octanol–water partition coefficient (Wildman–Crippen LogP) is 2.25. The van der Waals surface area contributed by atoms with Gasteiger partial charge in [0.25, 0.3) is 0 Å². The van der Waals surface area contributed by atoms with E-state index in [0.717, 1.165) is 54.5 Å². The van der Waals surface area contributed by atoms with Crippen LogP contribution in [0.1, 0.15) is 5.56 Å². The first-order chi connectivity index (χ1) is 12.7. The second-order valence-corrected chi connectivity index (χ2v) is 7.00. The van der Waals surface area contributed by atoms with Crippen LogP contribution in [0, 0.1) is 0 Å². The van der Waals surface area contributed by atoms with Crippen molar-refractivity contribution < 1.29 is 9.47 Å². The summed E-state index contributed by atoms with van der Waals surface area (Å²) in [5.41, 5.74) is 8.45. The predicted molar refractivity (Wildman–Crippen MR) is 102 cm³/mol. The fourth-order valence-corrected chi connectivity index (χ4v) is 3.71. The van der Waals surface area contributed by atoms with Crippen molar-refractivity contribution in [2.45, 2.75) is 6.54 Å². The number of nitrogen functional groups attached to an aromatic ring is 1. The normalized spacial score (nSPS) is 15.3. The lowest BCUT2D eigenvalue weighted by atomic mass is 10.1. The molecular weight excluding hydrogens is 352 g/mol. The van der Waals surface area contributed by atoms with E-state index < -0.39 is 0 Å². The highest BCUT2D eigenvalue weighted by atomic mass is 32.1. The van der Waals surface area contributed by atoms with E-state index in [1.54, 1.807) is 7.11 Å². The van der Waals surface area contributed by atoms with Crippen molar-refractivity contribution in [2.75, 3.05) is 44.5 Å². The first-order valence-corrected chi connectivity index (χ1v) is 9.15. The van der Waals surface area contributed by atoms with Crippen molar-refractivity contribution in [3.05, 3.63) is 30.1 Å². The molecule has 136 valence electrons. The fraction of sp³-hybridized carbons (Fsp3) is 0.353. The number of fused-ring (bicyclic) bond motifs is 1. The van der Waals surface area contributed by atoms with Crippen molar-refractivity contribution in [1.82, 2.24) is 19.9 Å². The molecule has 1 aromatic carbocycles. The van der Waals surface area contributed by atoms with Crippen LogP contribution in [0.15, 0.2) is 24.5 Å². The summed E-state index contributed by atoms with van der Waals surface area (Å²) in [5.74, 6) is 1.57. The van der Waals surface area contributed by atoms with Gasteiger partial charge in [-0.05, 0) is 18.2 Å². The van der Waals surface area contributed by atoms with E-state index >= 15 is 0 Å². The van der Waals surface area contributed by atoms with Crippen LogP contribution in [0.3, 0.4) is 0 Å². The zero-order valence-electron chi connectivity index (χ0n) is 14.4. The summed E-state index contributed by atoms with van der Waals surface area (Å²) < 4.78 is 11.8. The minimum atomic E-state index is 0.478. The summed E-state index contributed by atoms with van der Waals surface area (Å²) in [6, 6.07) is 6.03. The molecule has 0 unspecified atom stereocenters. The lowest BCUT2D eigenvalue weighted by Gasteiger charge is -2.27. The topological polar surface area (TPSA) is 98.4 Å². The average Bonchev–Trinajstić information content (AvgIpc) is 3.04. The summed E-state index contributed by atoms with van der Waals surface area (Å²) in [4.78, 5) is 15.1. The van der Waals surface area contributed by atoms with E-state index in [0.29, 0.717) is 16.6 Å². The molecule has 1 aliphatic rings. The van der Waals surface area contributed by atoms with Crippen molar-refractivity contribution in [2.24, 2.45) is 0 Å². The Morgan fingerprint density at radius 3 is 2.96 bits per heavy atom. The van der Waals surface area contributed by atoms with Crippen LogP contribution in [-0.4, -0.2) is 53.3 Å². The second kappa shape index (κ2) is 7.40. The Morgan fingerprint density at radius 2 is 2.15 bits per heavy atom. The zero-order valence-corrected chi connectivity index (χ0v) is 15.3. The lowest BCUT2D eigenvalue weighted by molar-refractivity contribution is 0.0339. The maximum absolute atomic E-state index is 5.80. The maximum atomic E-state index is 5.80. The molecule has 0 amide bonds. The van der Waals surface area contributed by atoms with E-state index in [2.05, 4.69) is 31.2 Å². The number of morpholine rings is 1. The first kappa shape index (κ1) is 17.0. The van der Waals surface area contributed by atoms with E-state index in [9.17, 15) is 0 Å². The van der Waals surface area contributed by atoms with Gasteiger partial charge in [-0.15, -0.1) is 0 Å². The van der Waals surface area contributed by atoms with Crippen LogP contribution < -0.4 is 15.8 Å². The van der Waals surface area contributed by atoms with Gasteiger partial charge >= 0.3 is 0 Å². The highest BCUT2D eigenvalue weighted by molar-refractivity contribution is 7.22. The number of hydrogen-bond donors (Lipinski definition) is 2. The number of anilines is 3. The van der Waals surface area contributed by atoms with Crippen LogP contribution >= 0.6 is 11.3 Å². The Bertz CT molecular complexity index is 909. The van der Waals surface area contributed by atoms with Crippen molar-refractivity contribution in [3.8, 4) is 5.75 Å². The van der Waals surface area contributed by atoms with Crippen molar-refractivity contribution in [1.29, 1.82) is 0 Å². The lowest BCUT2D eigenvalue weighted by Crippen LogP contribution is -2.35. The number of methoxy groups -OCH3 is 1. The largest absolute Gasteiger partial charge is 0.496 e. The minimum absolute atomic E-state index is 0.478. The Labute approximate surface area is 155 Å². The molecule has 0 spiro atoms. The fourth-order valence-electron chi connectivity index (χ4n) is 2.98. The van der Waals surface area contributed by atoms with Gasteiger partial charge < -0.3 is 20.5 Å². The zero-order chi connectivity index (χ0) is 17.9. The number of nitrogens with two attached hydrogens (primary N) is 1. The Morgan fingerprint density at radius 1 is 1.31 bits per heavy atom. The van der Waals surface area contributed by atoms with Gasteiger partial charge in [-0.2, -0.15) is 0 Å². The van der Waals surface area contributed by atoms with E-state index in [1.165, 1.54) is 17.7 Å². The van der Waals surface area contributed by atoms with Crippen LogP contribution in [0.2, 0.25) is 0 Å². The molecule has 0 saturated carbocycles. The first-order valence-electron chi connectivity index (χ1n) is 8.34. The van der Waals surface area contributed by atoms with Gasteiger partial charge in [-0.25, -0.2) is 15.0 Å². The number of ether oxygens (including phenoxy) is 2. The van der Waals surface area contributed by atoms with Gasteiger partial charge in [0.15, 0.2) is 16.6 Å². The van der Waals surface area contributed by atoms with Gasteiger partial charge in [0.1, 0.15) is 16.8 Å². The summed E-state index contributed by atoms with van der Waals surface area (Å²) in [7, 11) is 1.69. The van der Waals surface area contributed by atoms with Gasteiger partial charge in [-0.1, -0.05) is 11.3 Å². The monoisotopic (exact) mass is 372 g/mol. The molecule has 2 aromatic heterocycles.